The topological polar surface area (TPSA) is 103 Å². The van der Waals surface area contributed by atoms with Crippen LogP contribution in [0.15, 0.2) is 23.2 Å². The SMILES string of the molecule is N#Cc1ccc(Cl)cc1N=C[C@H]1C(=O)NC(=O)N([C@H]2C[C@H]3CC[C@H]2C3)C1=O. The fourth-order valence-electron chi connectivity index (χ4n) is 4.44. The number of carbonyl (C=O) groups is 3. The number of halogens is 1. The van der Waals surface area contributed by atoms with Gasteiger partial charge in [0.2, 0.25) is 11.8 Å². The second-order valence-corrected chi connectivity index (χ2v) is 7.71. The number of nitrogens with zero attached hydrogens (tertiary/aromatic N) is 3. The van der Waals surface area contributed by atoms with Gasteiger partial charge >= 0.3 is 6.03 Å². The number of rotatable bonds is 3. The van der Waals surface area contributed by atoms with Crippen LogP contribution >= 0.6 is 11.6 Å². The second-order valence-electron chi connectivity index (χ2n) is 7.27. The van der Waals surface area contributed by atoms with Crippen molar-refractivity contribution in [3.8, 4) is 6.07 Å². The first-order valence-electron chi connectivity index (χ1n) is 8.89. The average Bonchev–Trinajstić information content (AvgIpc) is 3.25. The molecule has 1 heterocycles. The molecule has 4 amide bonds. The molecular weight excluding hydrogens is 368 g/mol. The summed E-state index contributed by atoms with van der Waals surface area (Å²) in [6, 6.07) is 5.76. The third kappa shape index (κ3) is 3.10. The van der Waals surface area contributed by atoms with Crippen molar-refractivity contribution in [1.29, 1.82) is 5.26 Å². The van der Waals surface area contributed by atoms with E-state index >= 15 is 0 Å². The summed E-state index contributed by atoms with van der Waals surface area (Å²) in [7, 11) is 0. The molecule has 1 aromatic carbocycles. The van der Waals surface area contributed by atoms with Crippen LogP contribution in [0.3, 0.4) is 0 Å². The minimum atomic E-state index is -1.20. The lowest BCUT2D eigenvalue weighted by molar-refractivity contribution is -0.141. The van der Waals surface area contributed by atoms with Crippen molar-refractivity contribution < 1.29 is 14.4 Å². The molecule has 0 unspecified atom stereocenters. The number of nitriles is 1. The lowest BCUT2D eigenvalue weighted by atomic mass is 9.92. The number of carbonyl (C=O) groups excluding carboxylic acids is 3. The van der Waals surface area contributed by atoms with Crippen molar-refractivity contribution in [2.75, 3.05) is 0 Å². The number of barbiturate groups is 1. The maximum absolute atomic E-state index is 12.9. The minimum Gasteiger partial charge on any atom is -0.277 e. The lowest BCUT2D eigenvalue weighted by Gasteiger charge is -2.36. The van der Waals surface area contributed by atoms with Gasteiger partial charge in [-0.1, -0.05) is 18.0 Å². The van der Waals surface area contributed by atoms with Crippen molar-refractivity contribution in [3.05, 3.63) is 28.8 Å². The van der Waals surface area contributed by atoms with Crippen LogP contribution in [0.2, 0.25) is 5.02 Å². The number of hydrogen-bond acceptors (Lipinski definition) is 5. The molecule has 1 aliphatic heterocycles. The highest BCUT2D eigenvalue weighted by Gasteiger charge is 2.50. The van der Waals surface area contributed by atoms with Crippen LogP contribution in [-0.4, -0.2) is 35.0 Å². The second kappa shape index (κ2) is 6.78. The molecule has 2 saturated carbocycles. The van der Waals surface area contributed by atoms with Gasteiger partial charge in [-0.25, -0.2) is 4.79 Å². The van der Waals surface area contributed by atoms with Crippen LogP contribution in [0.5, 0.6) is 0 Å². The van der Waals surface area contributed by atoms with Gasteiger partial charge in [-0.2, -0.15) is 5.26 Å². The molecule has 4 rings (SSSR count). The number of aliphatic imine (C=N–C) groups is 1. The Morgan fingerprint density at radius 3 is 2.74 bits per heavy atom. The first kappa shape index (κ1) is 17.7. The maximum Gasteiger partial charge on any atom is 0.331 e. The summed E-state index contributed by atoms with van der Waals surface area (Å²) in [5, 5.41) is 11.8. The van der Waals surface area contributed by atoms with E-state index < -0.39 is 23.8 Å². The summed E-state index contributed by atoms with van der Waals surface area (Å²) in [6.07, 6.45) is 5.17. The molecule has 8 heteroatoms. The van der Waals surface area contributed by atoms with E-state index in [2.05, 4.69) is 10.3 Å². The Balaban J connectivity index is 1.60. The molecule has 2 bridgehead atoms. The summed E-state index contributed by atoms with van der Waals surface area (Å²) < 4.78 is 0. The Hall–Kier alpha value is -2.72. The zero-order chi connectivity index (χ0) is 19.1. The zero-order valence-corrected chi connectivity index (χ0v) is 15.1. The minimum absolute atomic E-state index is 0.152. The van der Waals surface area contributed by atoms with Crippen LogP contribution in [0.4, 0.5) is 10.5 Å². The number of urea groups is 1. The number of fused-ring (bicyclic) bond motifs is 2. The Bertz CT molecular complexity index is 907. The Morgan fingerprint density at radius 2 is 2.07 bits per heavy atom. The van der Waals surface area contributed by atoms with E-state index in [-0.39, 0.29) is 17.3 Å². The van der Waals surface area contributed by atoms with Crippen LogP contribution in [0.25, 0.3) is 0 Å². The highest BCUT2D eigenvalue weighted by atomic mass is 35.5. The highest BCUT2D eigenvalue weighted by molar-refractivity contribution is 6.31. The maximum atomic E-state index is 12.9. The molecule has 138 valence electrons. The molecule has 1 aromatic rings. The molecule has 3 aliphatic rings. The Kier molecular flexibility index (Phi) is 4.44. The van der Waals surface area contributed by atoms with Crippen LogP contribution in [0.1, 0.15) is 31.2 Å². The molecule has 0 aromatic heterocycles. The first-order valence-corrected chi connectivity index (χ1v) is 9.27. The van der Waals surface area contributed by atoms with Gasteiger partial charge < -0.3 is 0 Å². The smallest absolute Gasteiger partial charge is 0.277 e. The van der Waals surface area contributed by atoms with E-state index in [9.17, 15) is 14.4 Å². The quantitative estimate of drug-likeness (QED) is 0.639. The van der Waals surface area contributed by atoms with Crippen molar-refractivity contribution >= 4 is 41.3 Å². The van der Waals surface area contributed by atoms with E-state index in [0.29, 0.717) is 16.9 Å². The van der Waals surface area contributed by atoms with Crippen molar-refractivity contribution in [2.24, 2.45) is 22.7 Å². The molecule has 7 nitrogen and oxygen atoms in total. The number of hydrogen-bond donors (Lipinski definition) is 1. The largest absolute Gasteiger partial charge is 0.331 e. The number of imide groups is 2. The van der Waals surface area contributed by atoms with Gasteiger partial charge in [0.1, 0.15) is 6.07 Å². The third-order valence-electron chi connectivity index (χ3n) is 5.71. The third-order valence-corrected chi connectivity index (χ3v) is 5.95. The van der Waals surface area contributed by atoms with E-state index in [1.165, 1.54) is 23.2 Å². The number of nitrogens with one attached hydrogen (secondary N) is 1. The van der Waals surface area contributed by atoms with Crippen LogP contribution in [-0.2, 0) is 9.59 Å². The van der Waals surface area contributed by atoms with E-state index in [1.807, 2.05) is 6.07 Å². The monoisotopic (exact) mass is 384 g/mol. The van der Waals surface area contributed by atoms with Gasteiger partial charge in [0.25, 0.3) is 0 Å². The van der Waals surface area contributed by atoms with Gasteiger partial charge in [-0.15, -0.1) is 0 Å². The van der Waals surface area contributed by atoms with Crippen molar-refractivity contribution in [3.63, 3.8) is 0 Å². The Labute approximate surface area is 161 Å². The van der Waals surface area contributed by atoms with Gasteiger partial charge in [-0.3, -0.25) is 24.8 Å². The fourth-order valence-corrected chi connectivity index (χ4v) is 4.61. The summed E-state index contributed by atoms with van der Waals surface area (Å²) in [5.74, 6) is -1.59. The zero-order valence-electron chi connectivity index (χ0n) is 14.4. The molecule has 3 fully saturated rings. The van der Waals surface area contributed by atoms with E-state index in [4.69, 9.17) is 16.9 Å². The molecule has 0 spiro atoms. The summed E-state index contributed by atoms with van der Waals surface area (Å²) >= 11 is 5.93. The van der Waals surface area contributed by atoms with Gasteiger partial charge in [0, 0.05) is 17.3 Å². The summed E-state index contributed by atoms with van der Waals surface area (Å²) in [6.45, 7) is 0. The predicted octanol–water partition coefficient (Wildman–Crippen LogP) is 2.80. The lowest BCUT2D eigenvalue weighted by Crippen LogP contribution is -2.62. The van der Waals surface area contributed by atoms with E-state index in [0.717, 1.165) is 25.7 Å². The summed E-state index contributed by atoms with van der Waals surface area (Å²) in [4.78, 5) is 42.8. The molecule has 27 heavy (non-hydrogen) atoms. The van der Waals surface area contributed by atoms with Gasteiger partial charge in [0.15, 0.2) is 5.92 Å². The fraction of sp³-hybridized carbons (Fsp3) is 0.421. The summed E-state index contributed by atoms with van der Waals surface area (Å²) in [5.41, 5.74) is 0.550. The standard InChI is InChI=1S/C19H17ClN4O3/c20-13-4-3-12(8-21)15(7-13)22-9-14-17(25)23-19(27)24(18(14)26)16-6-10-1-2-11(16)5-10/h3-4,7,9-11,14,16H,1-2,5-6H2,(H,23,25,27)/t10-,11-,14-,16-/m0/s1. The van der Waals surface area contributed by atoms with Crippen LogP contribution in [0, 0.1) is 29.1 Å². The Morgan fingerprint density at radius 1 is 1.26 bits per heavy atom. The average molecular weight is 385 g/mol. The normalized spacial score (nSPS) is 30.1. The predicted molar refractivity (Wildman–Crippen MR) is 97.4 cm³/mol. The van der Waals surface area contributed by atoms with Crippen LogP contribution < -0.4 is 5.32 Å². The molecular formula is C19H17ClN4O3. The molecule has 1 N–H and O–H groups in total. The molecule has 1 saturated heterocycles. The van der Waals surface area contributed by atoms with Gasteiger partial charge in [-0.05, 0) is 49.3 Å². The first-order chi connectivity index (χ1) is 13.0. The molecule has 2 aliphatic carbocycles. The number of amides is 4. The van der Waals surface area contributed by atoms with Crippen molar-refractivity contribution in [2.45, 2.75) is 31.7 Å². The number of benzene rings is 1. The van der Waals surface area contributed by atoms with Crippen molar-refractivity contribution in [1.82, 2.24) is 10.2 Å². The molecule has 0 radical (unpaired) electrons. The molecule has 4 atom stereocenters. The highest BCUT2D eigenvalue weighted by Crippen LogP contribution is 2.47. The van der Waals surface area contributed by atoms with Gasteiger partial charge in [0.05, 0.1) is 11.3 Å². The van der Waals surface area contributed by atoms with E-state index in [1.54, 1.807) is 6.07 Å².